The third-order valence-corrected chi connectivity index (χ3v) is 5.71. The van der Waals surface area contributed by atoms with Gasteiger partial charge in [-0.1, -0.05) is 0 Å². The molecule has 4 N–H and O–H groups in total. The van der Waals surface area contributed by atoms with Gasteiger partial charge in [-0.3, -0.25) is 0 Å². The Balaban J connectivity index is 2.98. The molecule has 1 unspecified atom stereocenters. The van der Waals surface area contributed by atoms with E-state index in [2.05, 4.69) is 20.7 Å². The third kappa shape index (κ3) is 4.59. The summed E-state index contributed by atoms with van der Waals surface area (Å²) < 4.78 is 39.8. The van der Waals surface area contributed by atoms with Crippen molar-refractivity contribution in [2.24, 2.45) is 0 Å². The van der Waals surface area contributed by atoms with Gasteiger partial charge in [-0.25, -0.2) is 17.5 Å². The van der Waals surface area contributed by atoms with Gasteiger partial charge in [0, 0.05) is 16.8 Å². The molecule has 0 saturated heterocycles. The molecule has 0 aliphatic rings. The van der Waals surface area contributed by atoms with E-state index >= 15 is 0 Å². The van der Waals surface area contributed by atoms with E-state index in [1.54, 1.807) is 6.26 Å². The molecule has 1 aromatic rings. The maximum atomic E-state index is 13.2. The predicted octanol–water partition coefficient (Wildman–Crippen LogP) is 1.56. The molecule has 0 heterocycles. The summed E-state index contributed by atoms with van der Waals surface area (Å²) in [7, 11) is -3.89. The number of nitrogen functional groups attached to an aromatic ring is 1. The summed E-state index contributed by atoms with van der Waals surface area (Å²) in [5, 5.41) is 9.95. The van der Waals surface area contributed by atoms with Gasteiger partial charge in [0.25, 0.3) is 0 Å². The Morgan fingerprint density at radius 1 is 1.55 bits per heavy atom. The SMILES string of the molecule is CSCC(C)(O)CNS(=O)(=O)c1cc(N)c(F)cc1Br. The average Bonchev–Trinajstić information content (AvgIpc) is 2.31. The first-order valence-corrected chi connectivity index (χ1v) is 9.21. The zero-order valence-electron chi connectivity index (χ0n) is 11.0. The van der Waals surface area contributed by atoms with Crippen LogP contribution in [0.5, 0.6) is 0 Å². The molecular weight excluding hydrogens is 371 g/mol. The monoisotopic (exact) mass is 386 g/mol. The van der Waals surface area contributed by atoms with E-state index in [4.69, 9.17) is 5.73 Å². The molecule has 0 amide bonds. The van der Waals surface area contributed by atoms with Crippen molar-refractivity contribution in [1.82, 2.24) is 4.72 Å². The van der Waals surface area contributed by atoms with Crippen molar-refractivity contribution in [2.45, 2.75) is 17.4 Å². The van der Waals surface area contributed by atoms with E-state index in [0.29, 0.717) is 5.75 Å². The minimum Gasteiger partial charge on any atom is -0.396 e. The van der Waals surface area contributed by atoms with Crippen molar-refractivity contribution in [2.75, 3.05) is 24.3 Å². The standard InChI is InChI=1S/C11H16BrFN2O3S2/c1-11(16,6-19-2)5-15-20(17,18)10-4-9(14)8(13)3-7(10)12/h3-4,15-16H,5-6,14H2,1-2H3. The molecule has 1 aromatic carbocycles. The van der Waals surface area contributed by atoms with E-state index in [1.807, 2.05) is 0 Å². The van der Waals surface area contributed by atoms with Gasteiger partial charge in [0.2, 0.25) is 10.0 Å². The fourth-order valence-corrected chi connectivity index (χ4v) is 4.37. The first kappa shape index (κ1) is 17.7. The van der Waals surface area contributed by atoms with Gasteiger partial charge in [0.05, 0.1) is 16.2 Å². The van der Waals surface area contributed by atoms with E-state index in [-0.39, 0.29) is 21.6 Å². The van der Waals surface area contributed by atoms with E-state index in [0.717, 1.165) is 12.1 Å². The van der Waals surface area contributed by atoms with Crippen LogP contribution in [0.2, 0.25) is 0 Å². The molecule has 0 bridgehead atoms. The van der Waals surface area contributed by atoms with Crippen LogP contribution in [0.15, 0.2) is 21.5 Å². The van der Waals surface area contributed by atoms with Gasteiger partial charge in [-0.05, 0) is 41.2 Å². The number of sulfonamides is 1. The van der Waals surface area contributed by atoms with Crippen molar-refractivity contribution < 1.29 is 17.9 Å². The molecule has 9 heteroatoms. The molecule has 5 nitrogen and oxygen atoms in total. The molecule has 20 heavy (non-hydrogen) atoms. The lowest BCUT2D eigenvalue weighted by molar-refractivity contribution is 0.0908. The molecule has 114 valence electrons. The summed E-state index contributed by atoms with van der Waals surface area (Å²) in [4.78, 5) is -0.170. The predicted molar refractivity (Wildman–Crippen MR) is 82.7 cm³/mol. The molecular formula is C11H16BrFN2O3S2. The first-order chi connectivity index (χ1) is 9.09. The van der Waals surface area contributed by atoms with Crippen LogP contribution in [-0.4, -0.2) is 37.7 Å². The van der Waals surface area contributed by atoms with Crippen molar-refractivity contribution in [3.8, 4) is 0 Å². The zero-order valence-corrected chi connectivity index (χ0v) is 14.2. The number of anilines is 1. The highest BCUT2D eigenvalue weighted by molar-refractivity contribution is 9.10. The van der Waals surface area contributed by atoms with E-state index in [9.17, 15) is 17.9 Å². The van der Waals surface area contributed by atoms with Crippen molar-refractivity contribution in [3.63, 3.8) is 0 Å². The Bertz CT molecular complexity index is 594. The Morgan fingerprint density at radius 3 is 2.70 bits per heavy atom. The minimum atomic E-state index is -3.89. The van der Waals surface area contributed by atoms with E-state index in [1.165, 1.54) is 18.7 Å². The van der Waals surface area contributed by atoms with Crippen LogP contribution in [0.3, 0.4) is 0 Å². The maximum Gasteiger partial charge on any atom is 0.241 e. The number of nitrogens with one attached hydrogen (secondary N) is 1. The zero-order chi connectivity index (χ0) is 15.6. The average molecular weight is 387 g/mol. The van der Waals surface area contributed by atoms with Gasteiger partial charge in [-0.15, -0.1) is 0 Å². The van der Waals surface area contributed by atoms with E-state index < -0.39 is 21.4 Å². The first-order valence-electron chi connectivity index (χ1n) is 5.54. The Hall–Kier alpha value is -0.350. The molecule has 1 rings (SSSR count). The number of aliphatic hydroxyl groups is 1. The molecule has 0 fully saturated rings. The molecule has 0 aromatic heterocycles. The highest BCUT2D eigenvalue weighted by atomic mass is 79.9. The fourth-order valence-electron chi connectivity index (χ4n) is 1.44. The summed E-state index contributed by atoms with van der Waals surface area (Å²) in [6.07, 6.45) is 1.81. The summed E-state index contributed by atoms with van der Waals surface area (Å²) >= 11 is 4.39. The van der Waals surface area contributed by atoms with Crippen LogP contribution in [0.4, 0.5) is 10.1 Å². The number of hydrogen-bond acceptors (Lipinski definition) is 5. The molecule has 0 spiro atoms. The minimum absolute atomic E-state index is 0.0706. The number of rotatable bonds is 6. The summed E-state index contributed by atoms with van der Waals surface area (Å²) in [5.41, 5.74) is 3.94. The second-order valence-electron chi connectivity index (χ2n) is 4.56. The Kier molecular flexibility index (Phi) is 5.85. The Morgan fingerprint density at radius 2 is 2.15 bits per heavy atom. The van der Waals surface area contributed by atoms with Crippen molar-refractivity contribution in [1.29, 1.82) is 0 Å². The van der Waals surface area contributed by atoms with Gasteiger partial charge in [0.1, 0.15) is 5.82 Å². The van der Waals surface area contributed by atoms with Gasteiger partial charge in [-0.2, -0.15) is 11.8 Å². The van der Waals surface area contributed by atoms with Crippen LogP contribution in [-0.2, 0) is 10.0 Å². The Labute approximate surface area is 130 Å². The normalized spacial score (nSPS) is 15.1. The largest absolute Gasteiger partial charge is 0.396 e. The number of thioether (sulfide) groups is 1. The maximum absolute atomic E-state index is 13.2. The highest BCUT2D eigenvalue weighted by Crippen LogP contribution is 2.26. The number of benzene rings is 1. The third-order valence-electron chi connectivity index (χ3n) is 2.44. The number of halogens is 2. The van der Waals surface area contributed by atoms with Crippen LogP contribution in [0.1, 0.15) is 6.92 Å². The lowest BCUT2D eigenvalue weighted by atomic mass is 10.1. The van der Waals surface area contributed by atoms with Crippen molar-refractivity contribution >= 4 is 43.4 Å². The van der Waals surface area contributed by atoms with Crippen LogP contribution in [0, 0.1) is 5.82 Å². The summed E-state index contributed by atoms with van der Waals surface area (Å²) in [6.45, 7) is 1.37. The van der Waals surface area contributed by atoms with Gasteiger partial charge >= 0.3 is 0 Å². The van der Waals surface area contributed by atoms with Crippen LogP contribution in [0.25, 0.3) is 0 Å². The van der Waals surface area contributed by atoms with Crippen LogP contribution >= 0.6 is 27.7 Å². The lowest BCUT2D eigenvalue weighted by Gasteiger charge is -2.22. The van der Waals surface area contributed by atoms with Crippen LogP contribution < -0.4 is 10.5 Å². The molecule has 1 atom stereocenters. The van der Waals surface area contributed by atoms with Gasteiger partial charge < -0.3 is 10.8 Å². The smallest absolute Gasteiger partial charge is 0.241 e. The molecule has 0 aliphatic heterocycles. The number of hydrogen-bond donors (Lipinski definition) is 3. The molecule has 0 radical (unpaired) electrons. The summed E-state index contributed by atoms with van der Waals surface area (Å²) in [5.74, 6) is -0.326. The fraction of sp³-hybridized carbons (Fsp3) is 0.455. The van der Waals surface area contributed by atoms with Gasteiger partial charge in [0.15, 0.2) is 0 Å². The second-order valence-corrected chi connectivity index (χ2v) is 8.01. The second kappa shape index (κ2) is 6.61. The molecule has 0 aliphatic carbocycles. The van der Waals surface area contributed by atoms with Crippen molar-refractivity contribution in [3.05, 3.63) is 22.4 Å². The number of nitrogens with two attached hydrogens (primary N) is 1. The summed E-state index contributed by atoms with van der Waals surface area (Å²) in [6, 6.07) is 2.02. The molecule has 0 saturated carbocycles. The quantitative estimate of drug-likeness (QED) is 0.645. The topological polar surface area (TPSA) is 92.4 Å². The highest BCUT2D eigenvalue weighted by Gasteiger charge is 2.25. The lowest BCUT2D eigenvalue weighted by Crippen LogP contribution is -2.42.